The fraction of sp³-hybridized carbons (Fsp3) is 1.00. The summed E-state index contributed by atoms with van der Waals surface area (Å²) in [7, 11) is 4.93. The highest BCUT2D eigenvalue weighted by atomic mass is 16.6. The van der Waals surface area contributed by atoms with Crippen LogP contribution in [-0.2, 0) is 4.74 Å². The first-order valence-electron chi connectivity index (χ1n) is 4.53. The Balaban J connectivity index is 2.51. The van der Waals surface area contributed by atoms with Gasteiger partial charge in [0.15, 0.2) is 6.29 Å². The molecule has 5 atom stereocenters. The number of hydrogen-bond acceptors (Lipinski definition) is 7. The first-order chi connectivity index (χ1) is 6.93. The highest BCUT2D eigenvalue weighted by Gasteiger charge is 2.42. The summed E-state index contributed by atoms with van der Waals surface area (Å²) in [5.74, 6) is 0. The van der Waals surface area contributed by atoms with Crippen molar-refractivity contribution in [3.05, 3.63) is 0 Å². The van der Waals surface area contributed by atoms with Gasteiger partial charge in [0.05, 0.1) is 0 Å². The highest BCUT2D eigenvalue weighted by molar-refractivity contribution is 6.03. The van der Waals surface area contributed by atoms with Gasteiger partial charge in [0.25, 0.3) is 0 Å². The van der Waals surface area contributed by atoms with Crippen LogP contribution in [0.5, 0.6) is 0 Å². The van der Waals surface area contributed by atoms with Crippen LogP contribution in [0.4, 0.5) is 0 Å². The van der Waals surface area contributed by atoms with Gasteiger partial charge in [0, 0.05) is 6.54 Å². The summed E-state index contributed by atoms with van der Waals surface area (Å²) >= 11 is 0. The largest absolute Gasteiger partial charge is 0.388 e. The Bertz CT molecular complexity index is 212. The number of rotatable bonds is 3. The lowest BCUT2D eigenvalue weighted by Gasteiger charge is -2.38. The predicted octanol–water partition coefficient (Wildman–Crippen LogP) is -4.04. The Morgan fingerprint density at radius 1 is 1.21 bits per heavy atom. The molecule has 8 heteroatoms. The number of hydrogen-bond donors (Lipinski definition) is 6. The van der Waals surface area contributed by atoms with Gasteiger partial charge in [-0.05, 0) is 0 Å². The monoisotopic (exact) mass is 205 g/mol. The lowest BCUT2D eigenvalue weighted by atomic mass is 9.99. The SMILES string of the molecule is [2H]N([B])NCC1O[C@@H](O)C(O)[C@H](O)[C@@H]1O. The summed E-state index contributed by atoms with van der Waals surface area (Å²) in [6, 6.07) is 0. The van der Waals surface area contributed by atoms with E-state index in [0.717, 1.165) is 0 Å². The molecule has 0 saturated carbocycles. The van der Waals surface area contributed by atoms with Crippen molar-refractivity contribution in [1.29, 1.82) is 0 Å². The molecule has 14 heavy (non-hydrogen) atoms. The van der Waals surface area contributed by atoms with Gasteiger partial charge < -0.3 is 30.5 Å². The molecule has 0 bridgehead atoms. The number of aliphatic hydroxyl groups is 4. The topological polar surface area (TPSA) is 114 Å². The van der Waals surface area contributed by atoms with E-state index < -0.39 is 30.7 Å². The molecule has 2 unspecified atom stereocenters. The van der Waals surface area contributed by atoms with E-state index in [1.807, 2.05) is 0 Å². The number of aliphatic hydroxyl groups excluding tert-OH is 4. The van der Waals surface area contributed by atoms with Crippen molar-refractivity contribution in [2.45, 2.75) is 30.7 Å². The Kier molecular flexibility index (Phi) is 3.70. The van der Waals surface area contributed by atoms with Crippen LogP contribution in [0.25, 0.3) is 0 Å². The Labute approximate surface area is 83.6 Å². The van der Waals surface area contributed by atoms with Gasteiger partial charge >= 0.3 is 0 Å². The second-order valence-corrected chi connectivity index (χ2v) is 3.03. The van der Waals surface area contributed by atoms with E-state index in [-0.39, 0.29) is 6.54 Å². The lowest BCUT2D eigenvalue weighted by Crippen LogP contribution is -2.60. The zero-order valence-electron chi connectivity index (χ0n) is 8.32. The molecule has 1 saturated heterocycles. The van der Waals surface area contributed by atoms with E-state index >= 15 is 0 Å². The molecule has 1 heterocycles. The van der Waals surface area contributed by atoms with Crippen molar-refractivity contribution in [3.63, 3.8) is 0 Å². The number of hydrazine groups is 1. The van der Waals surface area contributed by atoms with Crippen molar-refractivity contribution in [2.75, 3.05) is 6.54 Å². The lowest BCUT2D eigenvalue weighted by molar-refractivity contribution is -0.280. The molecular weight excluding hydrogens is 191 g/mol. The molecule has 2 radical (unpaired) electrons. The van der Waals surface area contributed by atoms with Gasteiger partial charge in [-0.15, -0.1) is 0 Å². The maximum Gasteiger partial charge on any atom is 0.201 e. The second kappa shape index (κ2) is 5.03. The van der Waals surface area contributed by atoms with Crippen molar-refractivity contribution in [3.8, 4) is 0 Å². The predicted molar refractivity (Wildman–Crippen MR) is 45.8 cm³/mol. The average molecular weight is 205 g/mol. The molecular formula is C6H13BN2O5. The molecule has 0 amide bonds. The van der Waals surface area contributed by atoms with Crippen LogP contribution >= 0.6 is 0 Å². The molecule has 80 valence electrons. The van der Waals surface area contributed by atoms with Crippen LogP contribution in [0.2, 0.25) is 1.41 Å². The summed E-state index contributed by atoms with van der Waals surface area (Å²) in [6.45, 7) is -0.0813. The molecule has 1 rings (SSSR count). The molecule has 0 aromatic rings. The van der Waals surface area contributed by atoms with Gasteiger partial charge in [0.1, 0.15) is 25.8 Å². The molecule has 0 aromatic heterocycles. The highest BCUT2D eigenvalue weighted by Crippen LogP contribution is 2.18. The van der Waals surface area contributed by atoms with E-state index in [1.54, 1.807) is 0 Å². The first kappa shape index (κ1) is 10.3. The maximum atomic E-state index is 9.43. The summed E-state index contributed by atoms with van der Waals surface area (Å²) in [6.07, 6.45) is -6.96. The Morgan fingerprint density at radius 2 is 1.86 bits per heavy atom. The smallest absolute Gasteiger partial charge is 0.201 e. The number of nitrogens with one attached hydrogen (secondary N) is 2. The molecule has 6 N–H and O–H groups in total. The molecule has 0 aliphatic carbocycles. The molecule has 7 nitrogen and oxygen atoms in total. The van der Waals surface area contributed by atoms with Crippen LogP contribution < -0.4 is 10.8 Å². The Hall–Kier alpha value is -0.215. The van der Waals surface area contributed by atoms with Crippen LogP contribution in [0.3, 0.4) is 0 Å². The molecule has 1 aliphatic rings. The van der Waals surface area contributed by atoms with Crippen molar-refractivity contribution < 1.29 is 26.6 Å². The fourth-order valence-corrected chi connectivity index (χ4v) is 1.24. The first-order valence-corrected chi connectivity index (χ1v) is 4.08. The van der Waals surface area contributed by atoms with E-state index in [9.17, 15) is 10.2 Å². The maximum absolute atomic E-state index is 9.43. The Morgan fingerprint density at radius 3 is 2.43 bits per heavy atom. The van der Waals surface area contributed by atoms with Crippen LogP contribution in [0.1, 0.15) is 0 Å². The van der Waals surface area contributed by atoms with Gasteiger partial charge in [0.2, 0.25) is 7.98 Å². The normalized spacial score (nSPS) is 45.2. The third-order valence-corrected chi connectivity index (χ3v) is 2.07. The van der Waals surface area contributed by atoms with Crippen LogP contribution in [0, 0.1) is 0 Å². The summed E-state index contributed by atoms with van der Waals surface area (Å²) in [5, 5.41) is 37.4. The zero-order valence-corrected chi connectivity index (χ0v) is 7.32. The van der Waals surface area contributed by atoms with Crippen LogP contribution in [-0.4, -0.2) is 65.7 Å². The van der Waals surface area contributed by atoms with E-state index in [2.05, 4.69) is 5.43 Å². The minimum absolute atomic E-state index is 0.0813. The van der Waals surface area contributed by atoms with E-state index in [4.69, 9.17) is 24.3 Å². The van der Waals surface area contributed by atoms with Gasteiger partial charge in [-0.1, -0.05) is 0 Å². The van der Waals surface area contributed by atoms with Crippen molar-refractivity contribution in [2.24, 2.45) is 0 Å². The molecule has 0 aromatic carbocycles. The molecule has 1 aliphatic heterocycles. The molecule has 1 fully saturated rings. The minimum atomic E-state index is -1.58. The number of ether oxygens (including phenoxy) is 1. The van der Waals surface area contributed by atoms with E-state index in [1.165, 1.54) is 0 Å². The van der Waals surface area contributed by atoms with E-state index in [0.29, 0.717) is 5.33 Å². The zero-order chi connectivity index (χ0) is 11.6. The fourth-order valence-electron chi connectivity index (χ4n) is 1.24. The third-order valence-electron chi connectivity index (χ3n) is 2.07. The average Bonchev–Trinajstić information content (AvgIpc) is 2.18. The standard InChI is InChI=1S/C6H13BN2O5/c7-9-8-1-2-3(10)4(11)5(12)6(13)14-2/h2-6,8-13H,1H2/t2?,3-,4-,5?,6-/m1/s1/i9D. The van der Waals surface area contributed by atoms with Gasteiger partial charge in [-0.2, -0.15) is 0 Å². The summed E-state index contributed by atoms with van der Waals surface area (Å²) in [4.78, 5) is 0. The summed E-state index contributed by atoms with van der Waals surface area (Å²) < 4.78 is 11.6. The molecule has 0 spiro atoms. The quantitative estimate of drug-likeness (QED) is 0.205. The van der Waals surface area contributed by atoms with Gasteiger partial charge in [-0.25, -0.2) is 0 Å². The van der Waals surface area contributed by atoms with Crippen molar-refractivity contribution in [1.82, 2.24) is 10.8 Å². The minimum Gasteiger partial charge on any atom is -0.388 e. The van der Waals surface area contributed by atoms with Crippen LogP contribution in [0.15, 0.2) is 0 Å². The van der Waals surface area contributed by atoms with Crippen molar-refractivity contribution >= 4 is 7.98 Å². The van der Waals surface area contributed by atoms with Gasteiger partial charge in [-0.3, -0.25) is 5.43 Å². The third kappa shape index (κ3) is 2.42. The second-order valence-electron chi connectivity index (χ2n) is 3.03. The summed E-state index contributed by atoms with van der Waals surface area (Å²) in [5.41, 5.74) is 2.29.